The van der Waals surface area contributed by atoms with Crippen molar-refractivity contribution in [2.75, 3.05) is 19.5 Å². The predicted molar refractivity (Wildman–Crippen MR) is 117 cm³/mol. The van der Waals surface area contributed by atoms with Crippen LogP contribution >= 0.6 is 0 Å². The SMILES string of the molecule is COc1cccc(Cn2nccc2NC(=O)Cc2cccc3ccccc23)c1OC. The van der Waals surface area contributed by atoms with Crippen LogP contribution in [0.25, 0.3) is 10.8 Å². The van der Waals surface area contributed by atoms with E-state index in [1.807, 2.05) is 60.7 Å². The van der Waals surface area contributed by atoms with Crippen molar-refractivity contribution in [1.29, 1.82) is 0 Å². The van der Waals surface area contributed by atoms with Crippen LogP contribution in [0.2, 0.25) is 0 Å². The average Bonchev–Trinajstić information content (AvgIpc) is 3.20. The molecule has 0 saturated carbocycles. The molecule has 0 atom stereocenters. The Bertz CT molecular complexity index is 1180. The van der Waals surface area contributed by atoms with Crippen LogP contribution in [0.1, 0.15) is 11.1 Å². The van der Waals surface area contributed by atoms with E-state index in [9.17, 15) is 4.79 Å². The van der Waals surface area contributed by atoms with Crippen molar-refractivity contribution in [3.63, 3.8) is 0 Å². The van der Waals surface area contributed by atoms with Gasteiger partial charge in [0.15, 0.2) is 11.5 Å². The van der Waals surface area contributed by atoms with Gasteiger partial charge in [-0.05, 0) is 22.4 Å². The highest BCUT2D eigenvalue weighted by Crippen LogP contribution is 2.31. The number of rotatable bonds is 7. The molecule has 0 spiro atoms. The standard InChI is InChI=1S/C24H23N3O3/c1-29-21-12-6-10-19(24(21)30-2)16-27-22(13-14-25-27)26-23(28)15-18-9-5-8-17-7-3-4-11-20(17)18/h3-14H,15-16H2,1-2H3,(H,26,28). The summed E-state index contributed by atoms with van der Waals surface area (Å²) in [5, 5.41) is 9.55. The van der Waals surface area contributed by atoms with E-state index in [4.69, 9.17) is 9.47 Å². The molecule has 30 heavy (non-hydrogen) atoms. The van der Waals surface area contributed by atoms with Gasteiger partial charge in [-0.25, -0.2) is 4.68 Å². The molecule has 1 aromatic heterocycles. The maximum Gasteiger partial charge on any atom is 0.229 e. The topological polar surface area (TPSA) is 65.4 Å². The number of carbonyl (C=O) groups is 1. The van der Waals surface area contributed by atoms with Crippen molar-refractivity contribution in [2.24, 2.45) is 0 Å². The van der Waals surface area contributed by atoms with Gasteiger partial charge in [-0.2, -0.15) is 5.10 Å². The van der Waals surface area contributed by atoms with Crippen LogP contribution in [0.15, 0.2) is 72.9 Å². The quantitative estimate of drug-likeness (QED) is 0.502. The van der Waals surface area contributed by atoms with Crippen molar-refractivity contribution in [2.45, 2.75) is 13.0 Å². The molecule has 0 aliphatic heterocycles. The normalized spacial score (nSPS) is 10.7. The molecule has 6 heteroatoms. The van der Waals surface area contributed by atoms with Gasteiger partial charge < -0.3 is 14.8 Å². The van der Waals surface area contributed by atoms with E-state index in [1.165, 1.54) is 0 Å². The van der Waals surface area contributed by atoms with Gasteiger partial charge in [0.05, 0.1) is 33.4 Å². The highest BCUT2D eigenvalue weighted by Gasteiger charge is 2.14. The summed E-state index contributed by atoms with van der Waals surface area (Å²) in [6, 6.07) is 21.6. The molecule has 0 aliphatic rings. The van der Waals surface area contributed by atoms with Gasteiger partial charge >= 0.3 is 0 Å². The molecule has 152 valence electrons. The molecular weight excluding hydrogens is 378 g/mol. The Hall–Kier alpha value is -3.80. The molecule has 4 rings (SSSR count). The molecule has 0 aliphatic carbocycles. The van der Waals surface area contributed by atoms with E-state index in [2.05, 4.69) is 10.4 Å². The second-order valence-electron chi connectivity index (χ2n) is 6.89. The van der Waals surface area contributed by atoms with Crippen molar-refractivity contribution in [1.82, 2.24) is 9.78 Å². The van der Waals surface area contributed by atoms with Crippen LogP contribution in [-0.4, -0.2) is 29.9 Å². The molecule has 1 N–H and O–H groups in total. The number of hydrogen-bond acceptors (Lipinski definition) is 4. The summed E-state index contributed by atoms with van der Waals surface area (Å²) in [4.78, 5) is 12.8. The lowest BCUT2D eigenvalue weighted by atomic mass is 10.0. The third-order valence-corrected chi connectivity index (χ3v) is 5.02. The molecule has 0 radical (unpaired) electrons. The van der Waals surface area contributed by atoms with Crippen molar-refractivity contribution in [3.05, 3.63) is 84.1 Å². The van der Waals surface area contributed by atoms with Crippen molar-refractivity contribution >= 4 is 22.5 Å². The number of hydrogen-bond donors (Lipinski definition) is 1. The monoisotopic (exact) mass is 401 g/mol. The van der Waals surface area contributed by atoms with Gasteiger partial charge in [0.25, 0.3) is 0 Å². The van der Waals surface area contributed by atoms with E-state index in [-0.39, 0.29) is 12.3 Å². The summed E-state index contributed by atoms with van der Waals surface area (Å²) in [6.07, 6.45) is 1.95. The van der Waals surface area contributed by atoms with Crippen LogP contribution in [0, 0.1) is 0 Å². The third-order valence-electron chi connectivity index (χ3n) is 5.02. The lowest BCUT2D eigenvalue weighted by Crippen LogP contribution is -2.18. The number of aromatic nitrogens is 2. The minimum Gasteiger partial charge on any atom is -0.493 e. The summed E-state index contributed by atoms with van der Waals surface area (Å²) >= 11 is 0. The number of methoxy groups -OCH3 is 2. The van der Waals surface area contributed by atoms with E-state index < -0.39 is 0 Å². The molecule has 1 heterocycles. The zero-order chi connectivity index (χ0) is 20.9. The molecular formula is C24H23N3O3. The highest BCUT2D eigenvalue weighted by atomic mass is 16.5. The number of benzene rings is 3. The highest BCUT2D eigenvalue weighted by molar-refractivity contribution is 5.95. The molecule has 0 saturated heterocycles. The first-order chi connectivity index (χ1) is 14.7. The number of carbonyl (C=O) groups excluding carboxylic acids is 1. The number of para-hydroxylation sites is 1. The largest absolute Gasteiger partial charge is 0.493 e. The summed E-state index contributed by atoms with van der Waals surface area (Å²) in [5.74, 6) is 1.85. The number of anilines is 1. The van der Waals surface area contributed by atoms with E-state index >= 15 is 0 Å². The number of nitrogens with one attached hydrogen (secondary N) is 1. The second kappa shape index (κ2) is 8.69. The smallest absolute Gasteiger partial charge is 0.229 e. The first kappa shape index (κ1) is 19.5. The molecule has 0 unspecified atom stereocenters. The number of amides is 1. The maximum atomic E-state index is 12.8. The predicted octanol–water partition coefficient (Wildman–Crippen LogP) is 4.28. The van der Waals surface area contributed by atoms with Gasteiger partial charge in [0, 0.05) is 11.6 Å². The number of fused-ring (bicyclic) bond motifs is 1. The molecule has 1 amide bonds. The van der Waals surface area contributed by atoms with Gasteiger partial charge in [-0.1, -0.05) is 54.6 Å². The van der Waals surface area contributed by atoms with Crippen LogP contribution in [0.3, 0.4) is 0 Å². The van der Waals surface area contributed by atoms with E-state index in [0.717, 1.165) is 21.9 Å². The summed E-state index contributed by atoms with van der Waals surface area (Å²) in [7, 11) is 3.21. The van der Waals surface area contributed by atoms with Crippen LogP contribution in [0.5, 0.6) is 11.5 Å². The Kier molecular flexibility index (Phi) is 5.66. The Morgan fingerprint density at radius 1 is 0.933 bits per heavy atom. The van der Waals surface area contributed by atoms with Gasteiger partial charge in [0.1, 0.15) is 5.82 Å². The first-order valence-electron chi connectivity index (χ1n) is 9.67. The maximum absolute atomic E-state index is 12.8. The van der Waals surface area contributed by atoms with Gasteiger partial charge in [-0.15, -0.1) is 0 Å². The van der Waals surface area contributed by atoms with Crippen molar-refractivity contribution < 1.29 is 14.3 Å². The third kappa shape index (κ3) is 3.98. The number of nitrogens with zero attached hydrogens (tertiary/aromatic N) is 2. The lowest BCUT2D eigenvalue weighted by Gasteiger charge is -2.14. The number of ether oxygens (including phenoxy) is 2. The van der Waals surface area contributed by atoms with E-state index in [0.29, 0.717) is 23.9 Å². The van der Waals surface area contributed by atoms with Gasteiger partial charge in [-0.3, -0.25) is 4.79 Å². The van der Waals surface area contributed by atoms with Crippen LogP contribution < -0.4 is 14.8 Å². The lowest BCUT2D eigenvalue weighted by molar-refractivity contribution is -0.115. The zero-order valence-corrected chi connectivity index (χ0v) is 17.0. The Morgan fingerprint density at radius 3 is 2.53 bits per heavy atom. The fourth-order valence-corrected chi connectivity index (χ4v) is 3.61. The first-order valence-corrected chi connectivity index (χ1v) is 9.67. The molecule has 4 aromatic rings. The molecule has 6 nitrogen and oxygen atoms in total. The molecule has 0 fully saturated rings. The summed E-state index contributed by atoms with van der Waals surface area (Å²) in [5.41, 5.74) is 1.90. The minimum atomic E-state index is -0.0919. The van der Waals surface area contributed by atoms with Crippen molar-refractivity contribution in [3.8, 4) is 11.5 Å². The average molecular weight is 401 g/mol. The molecule has 0 bridgehead atoms. The van der Waals surface area contributed by atoms with Gasteiger partial charge in [0.2, 0.25) is 5.91 Å². The van der Waals surface area contributed by atoms with Crippen LogP contribution in [0.4, 0.5) is 5.82 Å². The Morgan fingerprint density at radius 2 is 1.70 bits per heavy atom. The fourth-order valence-electron chi connectivity index (χ4n) is 3.61. The minimum absolute atomic E-state index is 0.0919. The Balaban J connectivity index is 1.52. The summed E-state index contributed by atoms with van der Waals surface area (Å²) < 4.78 is 12.6. The fraction of sp³-hybridized carbons (Fsp3) is 0.167. The summed E-state index contributed by atoms with van der Waals surface area (Å²) in [6.45, 7) is 0.442. The molecule has 3 aromatic carbocycles. The zero-order valence-electron chi connectivity index (χ0n) is 17.0. The Labute approximate surface area is 175 Å². The van der Waals surface area contributed by atoms with E-state index in [1.54, 1.807) is 31.2 Å². The second-order valence-corrected chi connectivity index (χ2v) is 6.89. The van der Waals surface area contributed by atoms with Crippen LogP contribution in [-0.2, 0) is 17.8 Å².